The lowest BCUT2D eigenvalue weighted by Crippen LogP contribution is -2.25. The van der Waals surface area contributed by atoms with Crippen molar-refractivity contribution in [1.29, 1.82) is 0 Å². The lowest BCUT2D eigenvalue weighted by molar-refractivity contribution is -0.276. The van der Waals surface area contributed by atoms with E-state index >= 15 is 22.0 Å². The number of alkyl halides is 5. The summed E-state index contributed by atoms with van der Waals surface area (Å²) >= 11 is 0. The third-order valence-corrected chi connectivity index (χ3v) is 8.94. The molecule has 1 aliphatic carbocycles. The molecule has 0 unspecified atom stereocenters. The molecule has 4 aromatic carbocycles. The van der Waals surface area contributed by atoms with Crippen LogP contribution in [-0.4, -0.2) is 6.36 Å². The summed E-state index contributed by atoms with van der Waals surface area (Å²) in [7, 11) is 0. The Morgan fingerprint density at radius 3 is 1.71 bits per heavy atom. The van der Waals surface area contributed by atoms with Crippen LogP contribution in [0.25, 0.3) is 22.3 Å². The first-order chi connectivity index (χ1) is 24.0. The predicted molar refractivity (Wildman–Crippen MR) is 164 cm³/mol. The van der Waals surface area contributed by atoms with Crippen LogP contribution in [0.2, 0.25) is 0 Å². The van der Waals surface area contributed by atoms with Gasteiger partial charge < -0.3 is 9.47 Å². The number of ether oxygens (including phenoxy) is 2. The molecule has 51 heavy (non-hydrogen) atoms. The zero-order valence-electron chi connectivity index (χ0n) is 26.9. The zero-order valence-corrected chi connectivity index (χ0v) is 26.9. The third kappa shape index (κ3) is 8.75. The number of hydrogen-bond donors (Lipinski definition) is 0. The van der Waals surface area contributed by atoms with Crippen molar-refractivity contribution in [3.63, 3.8) is 0 Å². The third-order valence-electron chi connectivity index (χ3n) is 8.94. The van der Waals surface area contributed by atoms with Crippen LogP contribution in [0.15, 0.2) is 54.6 Å². The maximum atomic E-state index is 15.2. The first-order valence-corrected chi connectivity index (χ1v) is 16.1. The van der Waals surface area contributed by atoms with Gasteiger partial charge in [0, 0.05) is 17.7 Å². The Morgan fingerprint density at radius 2 is 1.18 bits per heavy atom. The molecule has 0 heterocycles. The van der Waals surface area contributed by atoms with E-state index in [2.05, 4.69) is 16.4 Å². The fourth-order valence-corrected chi connectivity index (χ4v) is 6.49. The van der Waals surface area contributed by atoms with E-state index in [1.54, 1.807) is 6.07 Å². The molecule has 0 N–H and O–H groups in total. The highest BCUT2D eigenvalue weighted by atomic mass is 19.4. The molecule has 0 amide bonds. The van der Waals surface area contributed by atoms with E-state index in [1.807, 2.05) is 0 Å². The molecule has 0 radical (unpaired) electrons. The second kappa shape index (κ2) is 15.1. The van der Waals surface area contributed by atoms with Crippen LogP contribution in [0.1, 0.15) is 75.3 Å². The largest absolute Gasteiger partial charge is 0.573 e. The molecule has 0 spiro atoms. The molecule has 0 aliphatic heterocycles. The van der Waals surface area contributed by atoms with Crippen molar-refractivity contribution in [1.82, 2.24) is 0 Å². The molecule has 2 nitrogen and oxygen atoms in total. The lowest BCUT2D eigenvalue weighted by atomic mass is 9.77. The Balaban J connectivity index is 1.33. The summed E-state index contributed by atoms with van der Waals surface area (Å²) in [6, 6.07) is 5.51. The molecular formula is C37H30F12O2. The van der Waals surface area contributed by atoms with Crippen molar-refractivity contribution < 1.29 is 62.2 Å². The number of rotatable bonds is 11. The number of halogens is 12. The Morgan fingerprint density at radius 1 is 0.608 bits per heavy atom. The molecule has 0 bridgehead atoms. The minimum atomic E-state index is -5.50. The smallest absolute Gasteiger partial charge is 0.429 e. The molecule has 1 fully saturated rings. The fraction of sp³-hybridized carbons (Fsp3) is 0.351. The van der Waals surface area contributed by atoms with Crippen LogP contribution in [0, 0.1) is 46.6 Å². The van der Waals surface area contributed by atoms with Gasteiger partial charge in [0.2, 0.25) is 5.75 Å². The van der Waals surface area contributed by atoms with Gasteiger partial charge in [-0.05, 0) is 84.5 Å². The maximum Gasteiger partial charge on any atom is 0.573 e. The Labute approximate surface area is 285 Å². The fourth-order valence-electron chi connectivity index (χ4n) is 6.49. The first kappa shape index (κ1) is 37.9. The second-order valence-corrected chi connectivity index (χ2v) is 12.5. The Kier molecular flexibility index (Phi) is 11.2. The molecule has 5 rings (SSSR count). The van der Waals surface area contributed by atoms with Crippen LogP contribution in [0.3, 0.4) is 0 Å². The van der Waals surface area contributed by atoms with Crippen molar-refractivity contribution in [2.24, 2.45) is 5.92 Å². The zero-order chi connectivity index (χ0) is 37.2. The molecule has 0 atom stereocenters. The normalized spacial score (nSPS) is 16.7. The SMILES string of the molecule is CCCCCC1CCC(c2ccc(-c3cc(F)c(C(F)(F)Oc4cc(F)c(-c5cc(F)c(OC(F)(F)F)c(F)c5)c(F)c4)c(F)c3)c(F)c2)CC1. The highest BCUT2D eigenvalue weighted by Crippen LogP contribution is 2.42. The average Bonchev–Trinajstić information content (AvgIpc) is 3.02. The van der Waals surface area contributed by atoms with Crippen molar-refractivity contribution in [3.8, 4) is 33.8 Å². The molecule has 1 saturated carbocycles. The lowest BCUT2D eigenvalue weighted by Gasteiger charge is -2.29. The monoisotopic (exact) mass is 734 g/mol. The minimum absolute atomic E-state index is 0.0995. The highest BCUT2D eigenvalue weighted by molar-refractivity contribution is 5.68. The van der Waals surface area contributed by atoms with Gasteiger partial charge in [-0.1, -0.05) is 44.7 Å². The van der Waals surface area contributed by atoms with Crippen LogP contribution in [0.4, 0.5) is 52.7 Å². The summed E-state index contributed by atoms with van der Waals surface area (Å²) < 4.78 is 178. The number of unbranched alkanes of at least 4 members (excludes halogenated alkanes) is 2. The number of hydrogen-bond acceptors (Lipinski definition) is 2. The summed E-state index contributed by atoms with van der Waals surface area (Å²) in [5, 5.41) is 0. The van der Waals surface area contributed by atoms with Gasteiger partial charge in [0.15, 0.2) is 11.6 Å². The first-order valence-electron chi connectivity index (χ1n) is 16.1. The van der Waals surface area contributed by atoms with Gasteiger partial charge in [0.05, 0.1) is 5.56 Å². The standard InChI is InChI=1S/C37H30F12O2/c1-2-3-4-5-19-6-8-20(9-7-19)21-10-11-25(26(38)12-21)22-13-29(41)34(30(42)14-22)36(45,46)50-24-17-27(39)33(28(40)18-24)23-15-31(43)35(32(44)16-23)51-37(47,48)49/h10-20H,2-9H2,1H3. The van der Waals surface area contributed by atoms with Gasteiger partial charge in [-0.25, -0.2) is 30.7 Å². The number of benzene rings is 4. The molecule has 274 valence electrons. The summed E-state index contributed by atoms with van der Waals surface area (Å²) in [6.45, 7) is 2.14. The molecular weight excluding hydrogens is 704 g/mol. The van der Waals surface area contributed by atoms with Gasteiger partial charge in [-0.15, -0.1) is 13.2 Å². The van der Waals surface area contributed by atoms with Gasteiger partial charge in [-0.3, -0.25) is 0 Å². The van der Waals surface area contributed by atoms with Crippen LogP contribution < -0.4 is 9.47 Å². The van der Waals surface area contributed by atoms with Crippen LogP contribution in [-0.2, 0) is 6.11 Å². The van der Waals surface area contributed by atoms with Gasteiger partial charge in [0.25, 0.3) is 0 Å². The van der Waals surface area contributed by atoms with Crippen molar-refractivity contribution in [3.05, 3.63) is 106 Å². The molecule has 14 heteroatoms. The molecule has 1 aliphatic rings. The molecule has 0 saturated heterocycles. The summed E-state index contributed by atoms with van der Waals surface area (Å²) in [6.07, 6.45) is -2.02. The summed E-state index contributed by atoms with van der Waals surface area (Å²) in [5.74, 6) is -14.6. The topological polar surface area (TPSA) is 18.5 Å². The average molecular weight is 735 g/mol. The van der Waals surface area contributed by atoms with Crippen LogP contribution in [0.5, 0.6) is 11.5 Å². The van der Waals surface area contributed by atoms with E-state index in [0.717, 1.165) is 38.5 Å². The minimum Gasteiger partial charge on any atom is -0.429 e. The van der Waals surface area contributed by atoms with E-state index < -0.39 is 86.9 Å². The molecule has 4 aromatic rings. The maximum absolute atomic E-state index is 15.2. The quantitative estimate of drug-likeness (QED) is 0.113. The second-order valence-electron chi connectivity index (χ2n) is 12.5. The van der Waals surface area contributed by atoms with Crippen molar-refractivity contribution >= 4 is 0 Å². The van der Waals surface area contributed by atoms with E-state index in [1.165, 1.54) is 25.0 Å². The van der Waals surface area contributed by atoms with Gasteiger partial charge in [0.1, 0.15) is 40.4 Å². The predicted octanol–water partition coefficient (Wildman–Crippen LogP) is 12.9. The Hall–Kier alpha value is -4.36. The van der Waals surface area contributed by atoms with E-state index in [4.69, 9.17) is 0 Å². The molecule has 0 aromatic heterocycles. The van der Waals surface area contributed by atoms with Crippen molar-refractivity contribution in [2.75, 3.05) is 0 Å². The van der Waals surface area contributed by atoms with E-state index in [0.29, 0.717) is 23.6 Å². The van der Waals surface area contributed by atoms with E-state index in [-0.39, 0.29) is 35.7 Å². The Bertz CT molecular complexity index is 1810. The van der Waals surface area contributed by atoms with Crippen LogP contribution >= 0.6 is 0 Å². The van der Waals surface area contributed by atoms with Gasteiger partial charge in [-0.2, -0.15) is 8.78 Å². The van der Waals surface area contributed by atoms with Gasteiger partial charge >= 0.3 is 12.5 Å². The highest BCUT2D eigenvalue weighted by Gasteiger charge is 2.42. The van der Waals surface area contributed by atoms with Crippen molar-refractivity contribution in [2.45, 2.75) is 76.7 Å². The van der Waals surface area contributed by atoms with E-state index in [9.17, 15) is 30.7 Å². The summed E-state index contributed by atoms with van der Waals surface area (Å²) in [5.41, 5.74) is -4.15. The summed E-state index contributed by atoms with van der Waals surface area (Å²) in [4.78, 5) is 0.